The van der Waals surface area contributed by atoms with E-state index in [9.17, 15) is 18.5 Å². The average molecular weight is 259 g/mol. The third-order valence-corrected chi connectivity index (χ3v) is 4.76. The lowest BCUT2D eigenvalue weighted by Gasteiger charge is -2.03. The number of rotatable bonds is 4. The van der Waals surface area contributed by atoms with Gasteiger partial charge >= 0.3 is 5.69 Å². The van der Waals surface area contributed by atoms with Gasteiger partial charge in [0, 0.05) is 0 Å². The first-order chi connectivity index (χ1) is 7.84. The third-order valence-electron chi connectivity index (χ3n) is 2.69. The second-order valence-corrected chi connectivity index (χ2v) is 6.80. The number of aromatic nitrogens is 2. The molecule has 2 rings (SSSR count). The van der Waals surface area contributed by atoms with E-state index in [0.717, 1.165) is 12.8 Å². The molecule has 0 aromatic carbocycles. The molecule has 0 aliphatic heterocycles. The molecule has 0 saturated heterocycles. The number of hydrogen-bond acceptors (Lipinski definition) is 5. The Balaban J connectivity index is 2.55. The summed E-state index contributed by atoms with van der Waals surface area (Å²) in [6.45, 7) is 2.96. The largest absolute Gasteiger partial charge is 0.326 e. The molecule has 0 radical (unpaired) electrons. The molecule has 7 nitrogen and oxygen atoms in total. The standard InChI is InChI=1S/C9H13N3O4S/c1-6(2)17(15,16)9-8(12(13)14)5-11(10-9)7-3-4-7/h5-7H,3-4H2,1-2H3. The highest BCUT2D eigenvalue weighted by Gasteiger charge is 2.36. The van der Waals surface area contributed by atoms with Crippen molar-refractivity contribution in [1.82, 2.24) is 9.78 Å². The molecule has 8 heteroatoms. The van der Waals surface area contributed by atoms with Gasteiger partial charge in [0.05, 0.1) is 16.2 Å². The summed E-state index contributed by atoms with van der Waals surface area (Å²) < 4.78 is 25.3. The van der Waals surface area contributed by atoms with Gasteiger partial charge in [0.1, 0.15) is 6.20 Å². The summed E-state index contributed by atoms with van der Waals surface area (Å²) in [6, 6.07) is 0.116. The van der Waals surface area contributed by atoms with Crippen LogP contribution in [0.25, 0.3) is 0 Å². The van der Waals surface area contributed by atoms with E-state index in [2.05, 4.69) is 5.10 Å². The summed E-state index contributed by atoms with van der Waals surface area (Å²) in [7, 11) is -3.71. The molecule has 1 aromatic heterocycles. The Hall–Kier alpha value is -1.44. The molecule has 1 saturated carbocycles. The van der Waals surface area contributed by atoms with Gasteiger partial charge in [-0.05, 0) is 26.7 Å². The van der Waals surface area contributed by atoms with Crippen molar-refractivity contribution in [2.75, 3.05) is 0 Å². The molecule has 1 aliphatic rings. The van der Waals surface area contributed by atoms with E-state index >= 15 is 0 Å². The van der Waals surface area contributed by atoms with Crippen LogP contribution in [0.3, 0.4) is 0 Å². The maximum Gasteiger partial charge on any atom is 0.326 e. The molecule has 1 fully saturated rings. The highest BCUT2D eigenvalue weighted by atomic mass is 32.2. The Morgan fingerprint density at radius 3 is 2.53 bits per heavy atom. The molecule has 1 aliphatic carbocycles. The second kappa shape index (κ2) is 3.80. The predicted molar refractivity (Wildman–Crippen MR) is 59.5 cm³/mol. The number of sulfone groups is 1. The minimum Gasteiger partial charge on any atom is -0.261 e. The highest BCUT2D eigenvalue weighted by Crippen LogP contribution is 2.37. The van der Waals surface area contributed by atoms with Crippen molar-refractivity contribution in [2.45, 2.75) is 43.0 Å². The van der Waals surface area contributed by atoms with Gasteiger partial charge in [-0.2, -0.15) is 5.10 Å². The topological polar surface area (TPSA) is 95.1 Å². The first kappa shape index (κ1) is 12.0. The van der Waals surface area contributed by atoms with Gasteiger partial charge in [-0.3, -0.25) is 14.8 Å². The maximum atomic E-state index is 11.9. The Labute approximate surface area is 98.5 Å². The van der Waals surface area contributed by atoms with Crippen LogP contribution in [0.5, 0.6) is 0 Å². The smallest absolute Gasteiger partial charge is 0.261 e. The van der Waals surface area contributed by atoms with Crippen LogP contribution in [-0.4, -0.2) is 28.4 Å². The fourth-order valence-corrected chi connectivity index (χ4v) is 2.52. The molecular weight excluding hydrogens is 246 g/mol. The lowest BCUT2D eigenvalue weighted by molar-refractivity contribution is -0.387. The van der Waals surface area contributed by atoms with E-state index in [4.69, 9.17) is 0 Å². The second-order valence-electron chi connectivity index (χ2n) is 4.38. The van der Waals surface area contributed by atoms with E-state index in [1.54, 1.807) is 0 Å². The lowest BCUT2D eigenvalue weighted by atomic mass is 10.6. The predicted octanol–water partition coefficient (Wildman–Crippen LogP) is 1.31. The van der Waals surface area contributed by atoms with Crippen LogP contribution in [0.1, 0.15) is 32.7 Å². The zero-order valence-corrected chi connectivity index (χ0v) is 10.3. The van der Waals surface area contributed by atoms with E-state index in [0.29, 0.717) is 0 Å². The van der Waals surface area contributed by atoms with Crippen molar-refractivity contribution in [1.29, 1.82) is 0 Å². The van der Waals surface area contributed by atoms with Crippen molar-refractivity contribution in [3.63, 3.8) is 0 Å². The van der Waals surface area contributed by atoms with Crippen molar-refractivity contribution in [3.05, 3.63) is 16.3 Å². The minimum atomic E-state index is -3.71. The van der Waals surface area contributed by atoms with Crippen molar-refractivity contribution >= 4 is 15.5 Å². The Bertz CT molecular complexity index is 557. The summed E-state index contributed by atoms with van der Waals surface area (Å²) in [5.74, 6) is 0. The van der Waals surface area contributed by atoms with Crippen LogP contribution < -0.4 is 0 Å². The van der Waals surface area contributed by atoms with E-state index in [1.807, 2.05) is 0 Å². The molecule has 0 atom stereocenters. The summed E-state index contributed by atoms with van der Waals surface area (Å²) >= 11 is 0. The van der Waals surface area contributed by atoms with Crippen LogP contribution in [0.4, 0.5) is 5.69 Å². The Morgan fingerprint density at radius 1 is 1.53 bits per heavy atom. The van der Waals surface area contributed by atoms with Gasteiger partial charge in [0.15, 0.2) is 0 Å². The van der Waals surface area contributed by atoms with Crippen molar-refractivity contribution in [3.8, 4) is 0 Å². The average Bonchev–Trinajstić information content (AvgIpc) is 2.96. The van der Waals surface area contributed by atoms with Crippen LogP contribution in [-0.2, 0) is 9.84 Å². The summed E-state index contributed by atoms with van der Waals surface area (Å²) in [4.78, 5) is 10.1. The lowest BCUT2D eigenvalue weighted by Crippen LogP contribution is -2.16. The molecule has 0 bridgehead atoms. The molecule has 0 amide bonds. The maximum absolute atomic E-state index is 11.9. The van der Waals surface area contributed by atoms with Gasteiger partial charge in [-0.1, -0.05) is 0 Å². The summed E-state index contributed by atoms with van der Waals surface area (Å²) in [6.07, 6.45) is 2.99. The zero-order valence-electron chi connectivity index (χ0n) is 9.53. The van der Waals surface area contributed by atoms with Crippen molar-refractivity contribution < 1.29 is 13.3 Å². The van der Waals surface area contributed by atoms with Gasteiger partial charge in [-0.25, -0.2) is 8.42 Å². The van der Waals surface area contributed by atoms with Gasteiger partial charge in [-0.15, -0.1) is 0 Å². The zero-order chi connectivity index (χ0) is 12.8. The molecule has 0 spiro atoms. The fraction of sp³-hybridized carbons (Fsp3) is 0.667. The molecule has 0 N–H and O–H groups in total. The first-order valence-electron chi connectivity index (χ1n) is 5.31. The quantitative estimate of drug-likeness (QED) is 0.600. The molecule has 94 valence electrons. The monoisotopic (exact) mass is 259 g/mol. The Morgan fingerprint density at radius 2 is 2.12 bits per heavy atom. The summed E-state index contributed by atoms with van der Waals surface area (Å²) in [5, 5.41) is 13.6. The van der Waals surface area contributed by atoms with E-state index in [1.165, 1.54) is 24.7 Å². The first-order valence-corrected chi connectivity index (χ1v) is 6.86. The van der Waals surface area contributed by atoms with Crippen molar-refractivity contribution in [2.24, 2.45) is 0 Å². The minimum absolute atomic E-state index is 0.116. The van der Waals surface area contributed by atoms with Crippen LogP contribution in [0, 0.1) is 10.1 Å². The van der Waals surface area contributed by atoms with Gasteiger partial charge in [0.25, 0.3) is 5.03 Å². The van der Waals surface area contributed by atoms with Crippen LogP contribution >= 0.6 is 0 Å². The van der Waals surface area contributed by atoms with E-state index in [-0.39, 0.29) is 6.04 Å². The number of nitro groups is 1. The fourth-order valence-electron chi connectivity index (χ4n) is 1.44. The molecule has 1 heterocycles. The van der Waals surface area contributed by atoms with E-state index < -0.39 is 30.7 Å². The number of hydrogen-bond donors (Lipinski definition) is 0. The highest BCUT2D eigenvalue weighted by molar-refractivity contribution is 7.92. The summed E-state index contributed by atoms with van der Waals surface area (Å²) in [5.41, 5.74) is -0.425. The molecule has 1 aromatic rings. The SMILES string of the molecule is CC(C)S(=O)(=O)c1nn(C2CC2)cc1[N+](=O)[O-]. The normalized spacial score (nSPS) is 16.4. The Kier molecular flexibility index (Phi) is 2.69. The van der Waals surface area contributed by atoms with Crippen LogP contribution in [0.15, 0.2) is 11.2 Å². The number of nitrogens with zero attached hydrogens (tertiary/aromatic N) is 3. The third kappa shape index (κ3) is 2.04. The molecule has 0 unspecified atom stereocenters. The van der Waals surface area contributed by atoms with Gasteiger partial charge < -0.3 is 0 Å². The van der Waals surface area contributed by atoms with Crippen LogP contribution in [0.2, 0.25) is 0 Å². The molecular formula is C9H13N3O4S. The molecule has 17 heavy (non-hydrogen) atoms. The van der Waals surface area contributed by atoms with Gasteiger partial charge in [0.2, 0.25) is 9.84 Å².